The molecule has 1 aromatic heterocycles. The molecule has 1 aliphatic carbocycles. The van der Waals surface area contributed by atoms with Gasteiger partial charge in [-0.15, -0.1) is 11.3 Å². The number of carbonyl (C=O) groups is 1. The summed E-state index contributed by atoms with van der Waals surface area (Å²) in [5, 5.41) is 13.2. The number of nitrogens with one attached hydrogen (secondary N) is 1. The van der Waals surface area contributed by atoms with E-state index in [1.165, 1.54) is 6.08 Å². The van der Waals surface area contributed by atoms with Crippen molar-refractivity contribution < 1.29 is 9.90 Å². The maximum absolute atomic E-state index is 11.8. The van der Waals surface area contributed by atoms with E-state index in [9.17, 15) is 9.90 Å². The normalized spacial score (nSPS) is 26.9. The summed E-state index contributed by atoms with van der Waals surface area (Å²) in [5.41, 5.74) is -0.720. The average Bonchev–Trinajstić information content (AvgIpc) is 2.84. The van der Waals surface area contributed by atoms with Crippen LogP contribution in [-0.4, -0.2) is 23.2 Å². The van der Waals surface area contributed by atoms with Crippen molar-refractivity contribution in [1.29, 1.82) is 0 Å². The van der Waals surface area contributed by atoms with Gasteiger partial charge in [-0.2, -0.15) is 0 Å². The van der Waals surface area contributed by atoms with Gasteiger partial charge in [0.05, 0.1) is 9.39 Å². The second-order valence-corrected chi connectivity index (χ2v) is 8.09. The summed E-state index contributed by atoms with van der Waals surface area (Å²) in [7, 11) is 0. The minimum Gasteiger partial charge on any atom is -0.388 e. The predicted octanol–water partition coefficient (Wildman–Crippen LogP) is 3.58. The summed E-state index contributed by atoms with van der Waals surface area (Å²) in [6.07, 6.45) is 6.92. The third-order valence-electron chi connectivity index (χ3n) is 3.79. The molecule has 3 nitrogen and oxygen atoms in total. The summed E-state index contributed by atoms with van der Waals surface area (Å²) in [5.74, 6) is 0.532. The van der Waals surface area contributed by atoms with E-state index in [1.807, 2.05) is 12.1 Å². The Morgan fingerprint density at radius 2 is 2.25 bits per heavy atom. The first-order valence-electron chi connectivity index (χ1n) is 6.90. The van der Waals surface area contributed by atoms with Crippen LogP contribution < -0.4 is 5.32 Å². The summed E-state index contributed by atoms with van der Waals surface area (Å²) in [6, 6.07) is 3.91. The zero-order valence-corrected chi connectivity index (χ0v) is 14.0. The highest BCUT2D eigenvalue weighted by Crippen LogP contribution is 2.31. The molecular weight excluding hydrogens is 338 g/mol. The van der Waals surface area contributed by atoms with Gasteiger partial charge in [-0.25, -0.2) is 0 Å². The third kappa shape index (κ3) is 4.72. The maximum Gasteiger partial charge on any atom is 0.244 e. The van der Waals surface area contributed by atoms with Crippen LogP contribution in [0.4, 0.5) is 0 Å². The highest BCUT2D eigenvalue weighted by atomic mass is 79.9. The number of hydrogen-bond donors (Lipinski definition) is 2. The predicted molar refractivity (Wildman–Crippen MR) is 86.6 cm³/mol. The quantitative estimate of drug-likeness (QED) is 0.809. The van der Waals surface area contributed by atoms with Crippen molar-refractivity contribution in [3.8, 4) is 0 Å². The SMILES string of the molecule is CC1CCC(O)(CNC(=O)C=Cc2ccc(Br)s2)CC1. The van der Waals surface area contributed by atoms with Gasteiger partial charge in [0.1, 0.15) is 0 Å². The molecule has 20 heavy (non-hydrogen) atoms. The van der Waals surface area contributed by atoms with Gasteiger partial charge < -0.3 is 10.4 Å². The summed E-state index contributed by atoms with van der Waals surface area (Å²) < 4.78 is 1.04. The largest absolute Gasteiger partial charge is 0.388 e. The Hall–Kier alpha value is -0.650. The van der Waals surface area contributed by atoms with Gasteiger partial charge in [0.15, 0.2) is 0 Å². The van der Waals surface area contributed by atoms with Crippen molar-refractivity contribution >= 4 is 39.2 Å². The lowest BCUT2D eigenvalue weighted by Crippen LogP contribution is -2.44. The fourth-order valence-electron chi connectivity index (χ4n) is 2.36. The van der Waals surface area contributed by atoms with Crippen LogP contribution >= 0.6 is 27.3 Å². The summed E-state index contributed by atoms with van der Waals surface area (Å²) >= 11 is 4.96. The van der Waals surface area contributed by atoms with Crippen LogP contribution in [0.1, 0.15) is 37.5 Å². The average molecular weight is 358 g/mol. The van der Waals surface area contributed by atoms with E-state index in [0.29, 0.717) is 12.5 Å². The molecule has 1 heterocycles. The second-order valence-electron chi connectivity index (χ2n) is 5.60. The lowest BCUT2D eigenvalue weighted by atomic mass is 9.79. The molecule has 0 spiro atoms. The lowest BCUT2D eigenvalue weighted by Gasteiger charge is -2.34. The van der Waals surface area contributed by atoms with E-state index in [2.05, 4.69) is 28.2 Å². The summed E-state index contributed by atoms with van der Waals surface area (Å²) in [6.45, 7) is 2.55. The fraction of sp³-hybridized carbons (Fsp3) is 0.533. The van der Waals surface area contributed by atoms with Crippen LogP contribution in [0.25, 0.3) is 6.08 Å². The molecule has 0 unspecified atom stereocenters. The third-order valence-corrected chi connectivity index (χ3v) is 5.38. The zero-order chi connectivity index (χ0) is 14.6. The van der Waals surface area contributed by atoms with Crippen LogP contribution in [0.15, 0.2) is 22.0 Å². The van der Waals surface area contributed by atoms with Crippen LogP contribution in [-0.2, 0) is 4.79 Å². The molecule has 0 saturated heterocycles. The van der Waals surface area contributed by atoms with Crippen molar-refractivity contribution in [2.24, 2.45) is 5.92 Å². The van der Waals surface area contributed by atoms with Gasteiger partial charge in [-0.3, -0.25) is 4.79 Å². The van der Waals surface area contributed by atoms with Gasteiger partial charge in [-0.05, 0) is 65.7 Å². The van der Waals surface area contributed by atoms with E-state index in [4.69, 9.17) is 0 Å². The van der Waals surface area contributed by atoms with Crippen molar-refractivity contribution in [3.05, 3.63) is 26.9 Å². The smallest absolute Gasteiger partial charge is 0.244 e. The van der Waals surface area contributed by atoms with Crippen molar-refractivity contribution in [2.75, 3.05) is 6.54 Å². The molecule has 1 aromatic rings. The Morgan fingerprint density at radius 1 is 1.55 bits per heavy atom. The van der Waals surface area contributed by atoms with Crippen molar-refractivity contribution in [2.45, 2.75) is 38.2 Å². The Labute approximate surface area is 132 Å². The number of amides is 1. The molecule has 0 aromatic carbocycles. The number of thiophene rings is 1. The lowest BCUT2D eigenvalue weighted by molar-refractivity contribution is -0.118. The Bertz CT molecular complexity index is 490. The molecule has 2 rings (SSSR count). The number of halogens is 1. The minimum absolute atomic E-state index is 0.151. The molecule has 0 radical (unpaired) electrons. The molecule has 0 bridgehead atoms. The first kappa shape index (κ1) is 15.7. The first-order valence-corrected chi connectivity index (χ1v) is 8.51. The topological polar surface area (TPSA) is 49.3 Å². The van der Waals surface area contributed by atoms with Crippen LogP contribution in [0, 0.1) is 5.92 Å². The molecule has 110 valence electrons. The van der Waals surface area contributed by atoms with E-state index in [-0.39, 0.29) is 5.91 Å². The molecule has 2 N–H and O–H groups in total. The van der Waals surface area contributed by atoms with Gasteiger partial charge in [0, 0.05) is 17.5 Å². The molecular formula is C15H20BrNO2S. The number of hydrogen-bond acceptors (Lipinski definition) is 3. The van der Waals surface area contributed by atoms with Crippen LogP contribution in [0.3, 0.4) is 0 Å². The minimum atomic E-state index is -0.720. The highest BCUT2D eigenvalue weighted by molar-refractivity contribution is 9.11. The molecule has 0 aliphatic heterocycles. The van der Waals surface area contributed by atoms with Crippen molar-refractivity contribution in [1.82, 2.24) is 5.32 Å². The molecule has 1 amide bonds. The Morgan fingerprint density at radius 3 is 2.85 bits per heavy atom. The molecule has 1 saturated carbocycles. The number of aliphatic hydroxyl groups is 1. The van der Waals surface area contributed by atoms with Crippen LogP contribution in [0.5, 0.6) is 0 Å². The molecule has 5 heteroatoms. The Kier molecular flexibility index (Phi) is 5.41. The van der Waals surface area contributed by atoms with Gasteiger partial charge >= 0.3 is 0 Å². The van der Waals surface area contributed by atoms with Gasteiger partial charge in [0.25, 0.3) is 0 Å². The van der Waals surface area contributed by atoms with E-state index in [0.717, 1.165) is 34.3 Å². The first-order chi connectivity index (χ1) is 9.47. The van der Waals surface area contributed by atoms with Crippen molar-refractivity contribution in [3.63, 3.8) is 0 Å². The fourth-order valence-corrected chi connectivity index (χ4v) is 3.69. The standard InChI is InChI=1S/C15H20BrNO2S/c1-11-6-8-15(19,9-7-11)10-17-14(18)5-3-12-2-4-13(16)20-12/h2-5,11,19H,6-10H2,1H3,(H,17,18). The Balaban J connectivity index is 1.79. The highest BCUT2D eigenvalue weighted by Gasteiger charge is 2.31. The van der Waals surface area contributed by atoms with E-state index in [1.54, 1.807) is 17.4 Å². The van der Waals surface area contributed by atoms with E-state index < -0.39 is 5.60 Å². The monoisotopic (exact) mass is 357 g/mol. The molecule has 1 aliphatic rings. The summed E-state index contributed by atoms with van der Waals surface area (Å²) in [4.78, 5) is 12.8. The molecule has 0 atom stereocenters. The van der Waals surface area contributed by atoms with Gasteiger partial charge in [-0.1, -0.05) is 6.92 Å². The molecule has 1 fully saturated rings. The van der Waals surface area contributed by atoms with E-state index >= 15 is 0 Å². The van der Waals surface area contributed by atoms with Crippen LogP contribution in [0.2, 0.25) is 0 Å². The number of carbonyl (C=O) groups excluding carboxylic acids is 1. The number of rotatable bonds is 4. The zero-order valence-electron chi connectivity index (χ0n) is 11.6. The maximum atomic E-state index is 11.8. The van der Waals surface area contributed by atoms with Gasteiger partial charge in [0.2, 0.25) is 5.91 Å². The second kappa shape index (κ2) is 6.87.